The number of hydrogen-bond acceptors (Lipinski definition) is 2. The van der Waals surface area contributed by atoms with E-state index in [-0.39, 0.29) is 0 Å². The summed E-state index contributed by atoms with van der Waals surface area (Å²) in [7, 11) is 0. The molecule has 0 nitrogen and oxygen atoms in total. The topological polar surface area (TPSA) is 0 Å². The smallest absolute Gasteiger partial charge is 0.00722 e. The van der Waals surface area contributed by atoms with E-state index in [1.807, 2.05) is 11.8 Å². The zero-order valence-corrected chi connectivity index (χ0v) is 9.66. The SMILES string of the molecule is CCCSCCSc1ccccc1. The van der Waals surface area contributed by atoms with Gasteiger partial charge in [0.25, 0.3) is 0 Å². The third-order valence-electron chi connectivity index (χ3n) is 1.59. The summed E-state index contributed by atoms with van der Waals surface area (Å²) in [5, 5.41) is 0. The third kappa shape index (κ3) is 5.27. The largest absolute Gasteiger partial charge is 0.161 e. The summed E-state index contributed by atoms with van der Waals surface area (Å²) >= 11 is 4.00. The van der Waals surface area contributed by atoms with E-state index in [1.165, 1.54) is 28.6 Å². The van der Waals surface area contributed by atoms with Gasteiger partial charge < -0.3 is 0 Å². The van der Waals surface area contributed by atoms with Crippen molar-refractivity contribution in [1.29, 1.82) is 0 Å². The van der Waals surface area contributed by atoms with E-state index in [0.717, 1.165) is 0 Å². The van der Waals surface area contributed by atoms with Gasteiger partial charge in [0.1, 0.15) is 0 Å². The van der Waals surface area contributed by atoms with Crippen molar-refractivity contribution < 1.29 is 0 Å². The minimum atomic E-state index is 1.23. The Morgan fingerprint density at radius 3 is 2.46 bits per heavy atom. The van der Waals surface area contributed by atoms with Crippen LogP contribution in [0, 0.1) is 0 Å². The van der Waals surface area contributed by atoms with Gasteiger partial charge >= 0.3 is 0 Å². The van der Waals surface area contributed by atoms with Gasteiger partial charge in [-0.1, -0.05) is 25.1 Å². The number of thioether (sulfide) groups is 2. The summed E-state index contributed by atoms with van der Waals surface area (Å²) in [6.45, 7) is 2.23. The van der Waals surface area contributed by atoms with E-state index in [9.17, 15) is 0 Å². The van der Waals surface area contributed by atoms with Gasteiger partial charge in [0.2, 0.25) is 0 Å². The number of hydrogen-bond donors (Lipinski definition) is 0. The number of rotatable bonds is 6. The molecule has 0 aliphatic rings. The van der Waals surface area contributed by atoms with Crippen LogP contribution in [0.15, 0.2) is 35.2 Å². The van der Waals surface area contributed by atoms with Gasteiger partial charge in [-0.15, -0.1) is 11.8 Å². The lowest BCUT2D eigenvalue weighted by molar-refractivity contribution is 1.11. The second kappa shape index (κ2) is 7.34. The molecule has 72 valence electrons. The normalized spacial score (nSPS) is 10.2. The fraction of sp³-hybridized carbons (Fsp3) is 0.455. The lowest BCUT2D eigenvalue weighted by atomic mass is 10.4. The highest BCUT2D eigenvalue weighted by Gasteiger charge is 1.91. The van der Waals surface area contributed by atoms with Gasteiger partial charge in [-0.25, -0.2) is 0 Å². The highest BCUT2D eigenvalue weighted by molar-refractivity contribution is 8.02. The van der Waals surface area contributed by atoms with E-state index in [2.05, 4.69) is 49.0 Å². The average molecular weight is 212 g/mol. The van der Waals surface area contributed by atoms with Crippen molar-refractivity contribution >= 4 is 23.5 Å². The number of benzene rings is 1. The quantitative estimate of drug-likeness (QED) is 0.518. The average Bonchev–Trinajstić information content (AvgIpc) is 2.19. The Balaban J connectivity index is 2.07. The van der Waals surface area contributed by atoms with E-state index in [4.69, 9.17) is 0 Å². The first-order valence-electron chi connectivity index (χ1n) is 4.69. The van der Waals surface area contributed by atoms with Gasteiger partial charge in [-0.2, -0.15) is 11.8 Å². The van der Waals surface area contributed by atoms with Crippen molar-refractivity contribution in [2.75, 3.05) is 17.3 Å². The predicted molar refractivity (Wildman–Crippen MR) is 64.8 cm³/mol. The summed E-state index contributed by atoms with van der Waals surface area (Å²) in [5.74, 6) is 3.80. The van der Waals surface area contributed by atoms with Crippen LogP contribution >= 0.6 is 23.5 Å². The molecule has 2 heteroatoms. The lowest BCUT2D eigenvalue weighted by Crippen LogP contribution is -1.85. The van der Waals surface area contributed by atoms with E-state index in [0.29, 0.717) is 0 Å². The molecular formula is C11H16S2. The van der Waals surface area contributed by atoms with E-state index >= 15 is 0 Å². The maximum atomic E-state index is 2.23. The molecule has 0 aliphatic carbocycles. The molecule has 0 unspecified atom stereocenters. The van der Waals surface area contributed by atoms with Crippen LogP contribution in [0.2, 0.25) is 0 Å². The van der Waals surface area contributed by atoms with E-state index < -0.39 is 0 Å². The fourth-order valence-electron chi connectivity index (χ4n) is 0.982. The molecule has 0 radical (unpaired) electrons. The van der Waals surface area contributed by atoms with Crippen LogP contribution in [0.25, 0.3) is 0 Å². The second-order valence-electron chi connectivity index (χ2n) is 2.77. The Hall–Kier alpha value is -0.0800. The molecule has 0 fully saturated rings. The minimum Gasteiger partial charge on any atom is -0.161 e. The van der Waals surface area contributed by atoms with Gasteiger partial charge in [0.05, 0.1) is 0 Å². The minimum absolute atomic E-state index is 1.23. The van der Waals surface area contributed by atoms with Crippen LogP contribution in [-0.4, -0.2) is 17.3 Å². The second-order valence-corrected chi connectivity index (χ2v) is 5.17. The van der Waals surface area contributed by atoms with Crippen molar-refractivity contribution in [1.82, 2.24) is 0 Å². The Morgan fingerprint density at radius 1 is 1.00 bits per heavy atom. The third-order valence-corrected chi connectivity index (χ3v) is 4.05. The van der Waals surface area contributed by atoms with Crippen LogP contribution in [0.1, 0.15) is 13.3 Å². The maximum Gasteiger partial charge on any atom is 0.00722 e. The summed E-state index contributed by atoms with van der Waals surface area (Å²) in [4.78, 5) is 1.39. The summed E-state index contributed by atoms with van der Waals surface area (Å²) in [6, 6.07) is 10.6. The Morgan fingerprint density at radius 2 is 1.77 bits per heavy atom. The van der Waals surface area contributed by atoms with E-state index in [1.54, 1.807) is 0 Å². The Bertz CT molecular complexity index is 209. The summed E-state index contributed by atoms with van der Waals surface area (Å²) in [6.07, 6.45) is 1.29. The lowest BCUT2D eigenvalue weighted by Gasteiger charge is -2.00. The monoisotopic (exact) mass is 212 g/mol. The van der Waals surface area contributed by atoms with Crippen molar-refractivity contribution in [3.63, 3.8) is 0 Å². The van der Waals surface area contributed by atoms with Gasteiger partial charge in [0, 0.05) is 16.4 Å². The standard InChI is InChI=1S/C11H16S2/c1-2-8-12-9-10-13-11-6-4-3-5-7-11/h3-7H,2,8-10H2,1H3. The maximum absolute atomic E-state index is 2.23. The first-order valence-corrected chi connectivity index (χ1v) is 6.83. The zero-order valence-electron chi connectivity index (χ0n) is 8.03. The molecule has 1 rings (SSSR count). The molecule has 0 saturated heterocycles. The van der Waals surface area contributed by atoms with Crippen molar-refractivity contribution in [3.8, 4) is 0 Å². The molecule has 0 heterocycles. The van der Waals surface area contributed by atoms with Gasteiger partial charge in [0.15, 0.2) is 0 Å². The molecule has 0 aromatic heterocycles. The Kier molecular flexibility index (Phi) is 6.21. The highest BCUT2D eigenvalue weighted by atomic mass is 32.2. The van der Waals surface area contributed by atoms with Gasteiger partial charge in [-0.05, 0) is 24.3 Å². The zero-order chi connectivity index (χ0) is 9.36. The molecule has 0 aliphatic heterocycles. The van der Waals surface area contributed by atoms with Crippen molar-refractivity contribution in [3.05, 3.63) is 30.3 Å². The van der Waals surface area contributed by atoms with Crippen LogP contribution in [0.4, 0.5) is 0 Å². The Labute approximate surface area is 89.5 Å². The fourth-order valence-corrected chi connectivity index (χ4v) is 2.86. The van der Waals surface area contributed by atoms with Crippen LogP contribution in [-0.2, 0) is 0 Å². The van der Waals surface area contributed by atoms with Crippen molar-refractivity contribution in [2.24, 2.45) is 0 Å². The molecule has 0 N–H and O–H groups in total. The van der Waals surface area contributed by atoms with Crippen molar-refractivity contribution in [2.45, 2.75) is 18.2 Å². The first kappa shape index (κ1) is 11.0. The van der Waals surface area contributed by atoms with Crippen LogP contribution < -0.4 is 0 Å². The predicted octanol–water partition coefficient (Wildman–Crippen LogP) is 3.92. The molecule has 0 atom stereocenters. The summed E-state index contributed by atoms with van der Waals surface area (Å²) in [5.41, 5.74) is 0. The summed E-state index contributed by atoms with van der Waals surface area (Å²) < 4.78 is 0. The van der Waals surface area contributed by atoms with Crippen LogP contribution in [0.3, 0.4) is 0 Å². The molecule has 13 heavy (non-hydrogen) atoms. The van der Waals surface area contributed by atoms with Gasteiger partial charge in [-0.3, -0.25) is 0 Å². The molecule has 1 aromatic carbocycles. The highest BCUT2D eigenvalue weighted by Crippen LogP contribution is 2.18. The molecular weight excluding hydrogens is 196 g/mol. The molecule has 0 saturated carbocycles. The first-order chi connectivity index (χ1) is 6.43. The molecule has 0 bridgehead atoms. The van der Waals surface area contributed by atoms with Crippen LogP contribution in [0.5, 0.6) is 0 Å². The molecule has 1 aromatic rings. The molecule has 0 spiro atoms. The molecule has 0 amide bonds.